The molecule has 2 aromatic heterocycles. The topological polar surface area (TPSA) is 90.6 Å². The number of carbonyl (C=O) groups excluding carboxylic acids is 1. The number of carbonyl (C=O) groups is 1. The molecule has 7 nitrogen and oxygen atoms in total. The molecule has 0 bridgehead atoms. The Labute approximate surface area is 169 Å². The van der Waals surface area contributed by atoms with Crippen LogP contribution in [0.5, 0.6) is 11.5 Å². The van der Waals surface area contributed by atoms with E-state index in [0.717, 1.165) is 36.0 Å². The molecule has 1 fully saturated rings. The van der Waals surface area contributed by atoms with Crippen LogP contribution < -0.4 is 15.2 Å². The van der Waals surface area contributed by atoms with Crippen LogP contribution in [0.25, 0.3) is 10.9 Å². The van der Waals surface area contributed by atoms with Gasteiger partial charge < -0.3 is 20.1 Å². The van der Waals surface area contributed by atoms with Crippen molar-refractivity contribution in [2.75, 3.05) is 33.0 Å². The lowest BCUT2D eigenvalue weighted by Crippen LogP contribution is -2.39. The Morgan fingerprint density at radius 3 is 2.59 bits per heavy atom. The van der Waals surface area contributed by atoms with Gasteiger partial charge in [0.05, 0.1) is 31.1 Å². The van der Waals surface area contributed by atoms with Crippen molar-refractivity contribution in [3.8, 4) is 11.5 Å². The first kappa shape index (κ1) is 19.0. The van der Waals surface area contributed by atoms with Gasteiger partial charge in [-0.1, -0.05) is 0 Å². The standard InChI is InChI=1S/C22H24N4O3/c1-28-19-11-16-10-17(23)21(25-18(16)12-20(19)29-2)15-4-3-9-26(13-15)22(27)14-5-7-24-8-6-14/h5-8,10-12,15H,3-4,9,13,23H2,1-2H3. The molecule has 4 rings (SSSR count). The lowest BCUT2D eigenvalue weighted by molar-refractivity contribution is 0.0706. The van der Waals surface area contributed by atoms with Gasteiger partial charge >= 0.3 is 0 Å². The molecule has 7 heteroatoms. The fourth-order valence-corrected chi connectivity index (χ4v) is 3.92. The molecule has 1 saturated heterocycles. The first-order valence-electron chi connectivity index (χ1n) is 9.62. The van der Waals surface area contributed by atoms with E-state index in [1.165, 1.54) is 0 Å². The predicted molar refractivity (Wildman–Crippen MR) is 111 cm³/mol. The molecule has 0 aliphatic carbocycles. The maximum atomic E-state index is 12.8. The number of methoxy groups -OCH3 is 2. The van der Waals surface area contributed by atoms with Gasteiger partial charge in [-0.05, 0) is 37.1 Å². The van der Waals surface area contributed by atoms with Crippen molar-refractivity contribution in [2.45, 2.75) is 18.8 Å². The number of anilines is 1. The van der Waals surface area contributed by atoms with Gasteiger partial charge in [0.25, 0.3) is 5.91 Å². The molecule has 1 amide bonds. The Hall–Kier alpha value is -3.35. The summed E-state index contributed by atoms with van der Waals surface area (Å²) in [5, 5.41) is 0.893. The van der Waals surface area contributed by atoms with Gasteiger partial charge in [-0.15, -0.1) is 0 Å². The van der Waals surface area contributed by atoms with Crippen molar-refractivity contribution in [3.05, 3.63) is 54.0 Å². The van der Waals surface area contributed by atoms with Gasteiger partial charge in [-0.25, -0.2) is 0 Å². The van der Waals surface area contributed by atoms with Gasteiger partial charge in [0.1, 0.15) is 0 Å². The highest BCUT2D eigenvalue weighted by Crippen LogP contribution is 2.36. The second kappa shape index (κ2) is 7.95. The number of ether oxygens (including phenoxy) is 2. The minimum atomic E-state index is 0.0165. The van der Waals surface area contributed by atoms with Crippen LogP contribution in [0.2, 0.25) is 0 Å². The van der Waals surface area contributed by atoms with Crippen molar-refractivity contribution >= 4 is 22.5 Å². The van der Waals surface area contributed by atoms with Crippen LogP contribution in [0.4, 0.5) is 5.69 Å². The molecule has 3 heterocycles. The lowest BCUT2D eigenvalue weighted by atomic mass is 9.92. The molecule has 0 spiro atoms. The van der Waals surface area contributed by atoms with Crippen LogP contribution in [0.1, 0.15) is 34.8 Å². The van der Waals surface area contributed by atoms with Crippen LogP contribution in [0.15, 0.2) is 42.7 Å². The molecule has 2 N–H and O–H groups in total. The number of rotatable bonds is 4. The largest absolute Gasteiger partial charge is 0.493 e. The first-order chi connectivity index (χ1) is 14.1. The maximum Gasteiger partial charge on any atom is 0.253 e. The summed E-state index contributed by atoms with van der Waals surface area (Å²) in [5.41, 5.74) is 9.27. The number of piperidine rings is 1. The number of aromatic nitrogens is 2. The quantitative estimate of drug-likeness (QED) is 0.733. The Balaban J connectivity index is 1.64. The summed E-state index contributed by atoms with van der Waals surface area (Å²) >= 11 is 0. The molecule has 1 aliphatic heterocycles. The van der Waals surface area contributed by atoms with Crippen LogP contribution in [-0.2, 0) is 0 Å². The van der Waals surface area contributed by atoms with E-state index in [2.05, 4.69) is 4.98 Å². The number of hydrogen-bond acceptors (Lipinski definition) is 6. The number of nitrogen functional groups attached to an aromatic ring is 1. The zero-order valence-electron chi connectivity index (χ0n) is 16.6. The molecule has 1 aromatic carbocycles. The summed E-state index contributed by atoms with van der Waals surface area (Å²) in [4.78, 5) is 23.5. The Morgan fingerprint density at radius 1 is 1.14 bits per heavy atom. The summed E-state index contributed by atoms with van der Waals surface area (Å²) in [5.74, 6) is 1.37. The molecular weight excluding hydrogens is 368 g/mol. The van der Waals surface area contributed by atoms with E-state index in [1.54, 1.807) is 38.7 Å². The third-order valence-electron chi connectivity index (χ3n) is 5.40. The summed E-state index contributed by atoms with van der Waals surface area (Å²) in [6.07, 6.45) is 5.13. The highest BCUT2D eigenvalue weighted by molar-refractivity contribution is 5.94. The van der Waals surface area contributed by atoms with E-state index >= 15 is 0 Å². The molecule has 0 saturated carbocycles. The van der Waals surface area contributed by atoms with Gasteiger partial charge in [-0.3, -0.25) is 14.8 Å². The van der Waals surface area contributed by atoms with Crippen LogP contribution in [0.3, 0.4) is 0 Å². The third-order valence-corrected chi connectivity index (χ3v) is 5.40. The van der Waals surface area contributed by atoms with Gasteiger partial charge in [0.15, 0.2) is 11.5 Å². The molecule has 1 unspecified atom stereocenters. The van der Waals surface area contributed by atoms with E-state index in [-0.39, 0.29) is 11.8 Å². The predicted octanol–water partition coefficient (Wildman–Crippen LogP) is 3.25. The number of amides is 1. The fourth-order valence-electron chi connectivity index (χ4n) is 3.92. The van der Waals surface area contributed by atoms with Crippen LogP contribution >= 0.6 is 0 Å². The third kappa shape index (κ3) is 3.68. The number of hydrogen-bond donors (Lipinski definition) is 1. The Bertz CT molecular complexity index is 1040. The zero-order valence-corrected chi connectivity index (χ0v) is 16.6. The van der Waals surface area contributed by atoms with Crippen molar-refractivity contribution in [3.63, 3.8) is 0 Å². The van der Waals surface area contributed by atoms with Crippen molar-refractivity contribution in [2.24, 2.45) is 0 Å². The number of pyridine rings is 2. The Kier molecular flexibility index (Phi) is 5.20. The highest BCUT2D eigenvalue weighted by atomic mass is 16.5. The number of nitrogens with zero attached hydrogens (tertiary/aromatic N) is 3. The van der Waals surface area contributed by atoms with E-state index in [9.17, 15) is 4.79 Å². The minimum absolute atomic E-state index is 0.0165. The second-order valence-corrected chi connectivity index (χ2v) is 7.19. The smallest absolute Gasteiger partial charge is 0.253 e. The zero-order chi connectivity index (χ0) is 20.4. The summed E-state index contributed by atoms with van der Waals surface area (Å²) in [6, 6.07) is 9.15. The maximum absolute atomic E-state index is 12.8. The van der Waals surface area contributed by atoms with Crippen molar-refractivity contribution in [1.29, 1.82) is 0 Å². The van der Waals surface area contributed by atoms with E-state index < -0.39 is 0 Å². The van der Waals surface area contributed by atoms with Crippen molar-refractivity contribution in [1.82, 2.24) is 14.9 Å². The summed E-state index contributed by atoms with van der Waals surface area (Å²) in [7, 11) is 3.21. The van der Waals surface area contributed by atoms with E-state index in [4.69, 9.17) is 20.2 Å². The molecule has 0 radical (unpaired) electrons. The first-order valence-corrected chi connectivity index (χ1v) is 9.62. The minimum Gasteiger partial charge on any atom is -0.493 e. The monoisotopic (exact) mass is 392 g/mol. The molecular formula is C22H24N4O3. The second-order valence-electron chi connectivity index (χ2n) is 7.19. The average Bonchev–Trinajstić information content (AvgIpc) is 2.77. The normalized spacial score (nSPS) is 16.6. The molecule has 1 atom stereocenters. The number of likely N-dealkylation sites (tertiary alicyclic amines) is 1. The molecule has 150 valence electrons. The highest BCUT2D eigenvalue weighted by Gasteiger charge is 2.28. The van der Waals surface area contributed by atoms with Gasteiger partial charge in [0.2, 0.25) is 0 Å². The number of nitrogens with two attached hydrogens (primary N) is 1. The van der Waals surface area contributed by atoms with Crippen LogP contribution in [-0.4, -0.2) is 48.1 Å². The van der Waals surface area contributed by atoms with Crippen molar-refractivity contribution < 1.29 is 14.3 Å². The van der Waals surface area contributed by atoms with Crippen LogP contribution in [0, 0.1) is 0 Å². The summed E-state index contributed by atoms with van der Waals surface area (Å²) < 4.78 is 10.8. The SMILES string of the molecule is COc1cc2cc(N)c(C3CCCN(C(=O)c4ccncc4)C3)nc2cc1OC. The fraction of sp³-hybridized carbons (Fsp3) is 0.318. The number of fused-ring (bicyclic) bond motifs is 1. The molecule has 3 aromatic rings. The van der Waals surface area contributed by atoms with Gasteiger partial charge in [0, 0.05) is 48.4 Å². The molecule has 29 heavy (non-hydrogen) atoms. The molecule has 1 aliphatic rings. The summed E-state index contributed by atoms with van der Waals surface area (Å²) in [6.45, 7) is 1.33. The van der Waals surface area contributed by atoms with E-state index in [1.807, 2.05) is 23.1 Å². The Morgan fingerprint density at radius 2 is 1.86 bits per heavy atom. The van der Waals surface area contributed by atoms with Gasteiger partial charge in [-0.2, -0.15) is 0 Å². The van der Waals surface area contributed by atoms with E-state index in [0.29, 0.717) is 29.3 Å². The lowest BCUT2D eigenvalue weighted by Gasteiger charge is -2.33. The average molecular weight is 392 g/mol. The number of benzene rings is 1.